The van der Waals surface area contributed by atoms with Gasteiger partial charge in [0.1, 0.15) is 5.82 Å². The molecular formula is C21H29FIN3O2. The fourth-order valence-corrected chi connectivity index (χ4v) is 2.64. The van der Waals surface area contributed by atoms with Gasteiger partial charge in [-0.2, -0.15) is 0 Å². The molecular weight excluding hydrogens is 472 g/mol. The summed E-state index contributed by atoms with van der Waals surface area (Å²) in [4.78, 5) is 4.22. The molecule has 0 fully saturated rings. The summed E-state index contributed by atoms with van der Waals surface area (Å²) in [7, 11) is 1.69. The molecule has 154 valence electrons. The van der Waals surface area contributed by atoms with Crippen LogP contribution in [0.25, 0.3) is 0 Å². The first-order valence-electron chi connectivity index (χ1n) is 9.19. The lowest BCUT2D eigenvalue weighted by Crippen LogP contribution is -2.38. The smallest absolute Gasteiger partial charge is 0.191 e. The molecule has 1 unspecified atom stereocenters. The van der Waals surface area contributed by atoms with Gasteiger partial charge in [-0.3, -0.25) is 4.99 Å². The first-order chi connectivity index (χ1) is 13.1. The lowest BCUT2D eigenvalue weighted by atomic mass is 10.1. The molecule has 0 amide bonds. The summed E-state index contributed by atoms with van der Waals surface area (Å²) in [6, 6.07) is 12.5. The Morgan fingerprint density at radius 1 is 1.07 bits per heavy atom. The number of aliphatic imine (C=N–C) groups is 1. The fraction of sp³-hybridized carbons (Fsp3) is 0.381. The number of hydrogen-bond donors (Lipinski definition) is 2. The van der Waals surface area contributed by atoms with Crippen molar-refractivity contribution in [2.24, 2.45) is 4.99 Å². The van der Waals surface area contributed by atoms with Gasteiger partial charge < -0.3 is 20.1 Å². The predicted molar refractivity (Wildman–Crippen MR) is 122 cm³/mol. The Morgan fingerprint density at radius 2 is 1.75 bits per heavy atom. The minimum absolute atomic E-state index is 0. The van der Waals surface area contributed by atoms with Crippen molar-refractivity contribution in [3.05, 3.63) is 59.4 Å². The molecule has 0 aliphatic carbocycles. The predicted octanol–water partition coefficient (Wildman–Crippen LogP) is 4.67. The van der Waals surface area contributed by atoms with Crippen molar-refractivity contribution in [3.8, 4) is 11.5 Å². The van der Waals surface area contributed by atoms with Crippen LogP contribution in [0.2, 0.25) is 0 Å². The van der Waals surface area contributed by atoms with E-state index in [9.17, 15) is 4.39 Å². The molecule has 2 aromatic rings. The third-order valence-corrected chi connectivity index (χ3v) is 4.05. The lowest BCUT2D eigenvalue weighted by molar-refractivity contribution is 0.287. The Labute approximate surface area is 183 Å². The second-order valence-electron chi connectivity index (χ2n) is 5.96. The zero-order chi connectivity index (χ0) is 19.6. The lowest BCUT2D eigenvalue weighted by Gasteiger charge is -2.20. The number of rotatable bonds is 8. The molecule has 1 atom stereocenters. The summed E-state index contributed by atoms with van der Waals surface area (Å²) in [6.45, 7) is 7.42. The molecule has 0 aromatic heterocycles. The van der Waals surface area contributed by atoms with Crippen molar-refractivity contribution in [2.75, 3.05) is 20.3 Å². The summed E-state index contributed by atoms with van der Waals surface area (Å²) in [5, 5.41) is 6.46. The van der Waals surface area contributed by atoms with Gasteiger partial charge in [-0.1, -0.05) is 24.3 Å². The van der Waals surface area contributed by atoms with Gasteiger partial charge >= 0.3 is 0 Å². The van der Waals surface area contributed by atoms with Gasteiger partial charge in [-0.25, -0.2) is 4.39 Å². The van der Waals surface area contributed by atoms with Crippen molar-refractivity contribution in [1.82, 2.24) is 10.6 Å². The Bertz CT molecular complexity index is 771. The first-order valence-corrected chi connectivity index (χ1v) is 9.19. The molecule has 28 heavy (non-hydrogen) atoms. The highest BCUT2D eigenvalue weighted by atomic mass is 127. The molecule has 2 aromatic carbocycles. The highest BCUT2D eigenvalue weighted by Crippen LogP contribution is 2.30. The number of guanidine groups is 1. The van der Waals surface area contributed by atoms with Gasteiger partial charge in [0.15, 0.2) is 17.5 Å². The van der Waals surface area contributed by atoms with Gasteiger partial charge in [0, 0.05) is 19.2 Å². The van der Waals surface area contributed by atoms with Gasteiger partial charge in [0.25, 0.3) is 0 Å². The zero-order valence-corrected chi connectivity index (χ0v) is 19.1. The topological polar surface area (TPSA) is 54.9 Å². The number of halogens is 2. The van der Waals surface area contributed by atoms with Crippen LogP contribution in [0.1, 0.15) is 37.9 Å². The van der Waals surface area contributed by atoms with E-state index in [-0.39, 0.29) is 35.8 Å². The van der Waals surface area contributed by atoms with Crippen molar-refractivity contribution in [2.45, 2.75) is 33.4 Å². The molecule has 0 spiro atoms. The summed E-state index contributed by atoms with van der Waals surface area (Å²) in [5.74, 6) is 1.82. The molecule has 0 aliphatic heterocycles. The molecule has 2 rings (SSSR count). The van der Waals surface area contributed by atoms with Crippen LogP contribution in [0, 0.1) is 5.82 Å². The van der Waals surface area contributed by atoms with E-state index in [0.29, 0.717) is 31.3 Å². The first kappa shape index (κ1) is 24.0. The Morgan fingerprint density at radius 3 is 2.39 bits per heavy atom. The van der Waals surface area contributed by atoms with E-state index in [1.807, 2.05) is 45.0 Å². The maximum absolute atomic E-state index is 13.8. The number of nitrogens with one attached hydrogen (secondary N) is 2. The standard InChI is InChI=1S/C21H28FN3O2.HI/c1-5-26-19-12-11-16(13-20(19)27-6-2)15(3)25-21(23-4)24-14-17-9-7-8-10-18(17)22;/h7-13,15H,5-6,14H2,1-4H3,(H2,23,24,25);1H. The van der Waals surface area contributed by atoms with Crippen molar-refractivity contribution in [1.29, 1.82) is 0 Å². The molecule has 2 N–H and O–H groups in total. The Kier molecular flexibility index (Phi) is 10.7. The van der Waals surface area contributed by atoms with Gasteiger partial charge in [0.2, 0.25) is 0 Å². The average molecular weight is 501 g/mol. The summed E-state index contributed by atoms with van der Waals surface area (Å²) in [5.41, 5.74) is 1.63. The monoisotopic (exact) mass is 501 g/mol. The molecule has 5 nitrogen and oxygen atoms in total. The zero-order valence-electron chi connectivity index (χ0n) is 16.8. The van der Waals surface area contributed by atoms with E-state index >= 15 is 0 Å². The molecule has 0 bridgehead atoms. The van der Waals surface area contributed by atoms with E-state index in [4.69, 9.17) is 9.47 Å². The second-order valence-corrected chi connectivity index (χ2v) is 5.96. The summed E-state index contributed by atoms with van der Waals surface area (Å²) < 4.78 is 25.1. The third-order valence-electron chi connectivity index (χ3n) is 4.05. The molecule has 0 saturated carbocycles. The Hall–Kier alpha value is -2.03. The third kappa shape index (κ3) is 6.85. The highest BCUT2D eigenvalue weighted by molar-refractivity contribution is 14.0. The van der Waals surface area contributed by atoms with Crippen LogP contribution in [0.15, 0.2) is 47.5 Å². The maximum Gasteiger partial charge on any atom is 0.191 e. The van der Waals surface area contributed by atoms with Crippen LogP contribution >= 0.6 is 24.0 Å². The minimum Gasteiger partial charge on any atom is -0.490 e. The normalized spacial score (nSPS) is 12.0. The van der Waals surface area contributed by atoms with Crippen LogP contribution in [-0.4, -0.2) is 26.2 Å². The minimum atomic E-state index is -0.235. The van der Waals surface area contributed by atoms with Crippen LogP contribution in [0.5, 0.6) is 11.5 Å². The average Bonchev–Trinajstić information content (AvgIpc) is 2.67. The molecule has 0 radical (unpaired) electrons. The van der Waals surface area contributed by atoms with Crippen LogP contribution in [-0.2, 0) is 6.54 Å². The quantitative estimate of drug-likeness (QED) is 0.314. The van der Waals surface area contributed by atoms with Gasteiger partial charge in [0.05, 0.1) is 19.3 Å². The number of benzene rings is 2. The number of nitrogens with zero attached hydrogens (tertiary/aromatic N) is 1. The highest BCUT2D eigenvalue weighted by Gasteiger charge is 2.12. The Balaban J connectivity index is 0.00000392. The van der Waals surface area contributed by atoms with E-state index in [0.717, 1.165) is 17.1 Å². The van der Waals surface area contributed by atoms with Crippen LogP contribution in [0.4, 0.5) is 4.39 Å². The summed E-state index contributed by atoms with van der Waals surface area (Å²) in [6.07, 6.45) is 0. The summed E-state index contributed by atoms with van der Waals surface area (Å²) >= 11 is 0. The number of hydrogen-bond acceptors (Lipinski definition) is 3. The molecule has 0 heterocycles. The SMILES string of the molecule is CCOc1ccc(C(C)NC(=NC)NCc2ccccc2F)cc1OCC.I. The largest absolute Gasteiger partial charge is 0.490 e. The number of ether oxygens (including phenoxy) is 2. The van der Waals surface area contributed by atoms with Crippen molar-refractivity contribution < 1.29 is 13.9 Å². The fourth-order valence-electron chi connectivity index (χ4n) is 2.64. The van der Waals surface area contributed by atoms with Gasteiger partial charge in [-0.15, -0.1) is 24.0 Å². The van der Waals surface area contributed by atoms with E-state index in [1.54, 1.807) is 19.2 Å². The van der Waals surface area contributed by atoms with Crippen LogP contribution in [0.3, 0.4) is 0 Å². The molecule has 0 saturated heterocycles. The second kappa shape index (κ2) is 12.4. The van der Waals surface area contributed by atoms with Gasteiger partial charge in [-0.05, 0) is 44.5 Å². The van der Waals surface area contributed by atoms with Crippen molar-refractivity contribution >= 4 is 29.9 Å². The molecule has 7 heteroatoms. The van der Waals surface area contributed by atoms with Crippen molar-refractivity contribution in [3.63, 3.8) is 0 Å². The van der Waals surface area contributed by atoms with E-state index < -0.39 is 0 Å². The molecule has 0 aliphatic rings. The van der Waals surface area contributed by atoms with E-state index in [2.05, 4.69) is 15.6 Å². The van der Waals surface area contributed by atoms with E-state index in [1.165, 1.54) is 6.07 Å². The maximum atomic E-state index is 13.8. The van der Waals surface area contributed by atoms with Crippen LogP contribution < -0.4 is 20.1 Å².